The van der Waals surface area contributed by atoms with Crippen molar-refractivity contribution in [2.75, 3.05) is 17.3 Å². The first-order valence-corrected chi connectivity index (χ1v) is 8.35. The number of carbonyl (C=O) groups is 2. The summed E-state index contributed by atoms with van der Waals surface area (Å²) in [5.41, 5.74) is 1.90. The molecule has 1 unspecified atom stereocenters. The first-order chi connectivity index (χ1) is 12.0. The molecule has 1 N–H and O–H groups in total. The van der Waals surface area contributed by atoms with Gasteiger partial charge in [0.05, 0.1) is 17.9 Å². The number of carbonyl (C=O) groups excluding carboxylic acids is 2. The van der Waals surface area contributed by atoms with E-state index in [1.54, 1.807) is 37.5 Å². The molecule has 1 heterocycles. The van der Waals surface area contributed by atoms with E-state index in [1.807, 2.05) is 10.9 Å². The number of nitrogens with one attached hydrogen (secondary N) is 1. The van der Waals surface area contributed by atoms with Crippen molar-refractivity contribution in [1.82, 2.24) is 9.78 Å². The minimum Gasteiger partial charge on any atom is -0.319 e. The Labute approximate surface area is 147 Å². The number of hydrogen-bond acceptors (Lipinski definition) is 3. The van der Waals surface area contributed by atoms with Crippen LogP contribution in [0.1, 0.15) is 36.2 Å². The average Bonchev–Trinajstić information content (AvgIpc) is 3.39. The van der Waals surface area contributed by atoms with Crippen LogP contribution in [0.4, 0.5) is 11.4 Å². The molecule has 130 valence electrons. The zero-order chi connectivity index (χ0) is 18.0. The lowest BCUT2D eigenvalue weighted by molar-refractivity contribution is -0.113. The Hall–Kier alpha value is -2.89. The van der Waals surface area contributed by atoms with E-state index in [1.165, 1.54) is 23.8 Å². The van der Waals surface area contributed by atoms with Gasteiger partial charge in [-0.2, -0.15) is 5.10 Å². The van der Waals surface area contributed by atoms with Crippen LogP contribution in [-0.4, -0.2) is 28.6 Å². The fourth-order valence-corrected chi connectivity index (χ4v) is 2.72. The van der Waals surface area contributed by atoms with Gasteiger partial charge in [0.25, 0.3) is 5.91 Å². The molecule has 6 heteroatoms. The highest BCUT2D eigenvalue weighted by Crippen LogP contribution is 2.39. The summed E-state index contributed by atoms with van der Waals surface area (Å²) < 4.78 is 1.91. The molecule has 0 bridgehead atoms. The normalized spacial score (nSPS) is 14.6. The Morgan fingerprint density at radius 1 is 1.36 bits per heavy atom. The summed E-state index contributed by atoms with van der Waals surface area (Å²) in [6.45, 7) is 5.61. The van der Waals surface area contributed by atoms with Gasteiger partial charge in [0.1, 0.15) is 0 Å². The van der Waals surface area contributed by atoms with Gasteiger partial charge in [-0.25, -0.2) is 0 Å². The Morgan fingerprint density at radius 3 is 2.64 bits per heavy atom. The van der Waals surface area contributed by atoms with E-state index in [2.05, 4.69) is 23.9 Å². The van der Waals surface area contributed by atoms with Crippen LogP contribution < -0.4 is 10.2 Å². The van der Waals surface area contributed by atoms with Crippen LogP contribution in [0.5, 0.6) is 0 Å². The van der Waals surface area contributed by atoms with Crippen LogP contribution in [-0.2, 0) is 4.79 Å². The summed E-state index contributed by atoms with van der Waals surface area (Å²) in [6, 6.07) is 7.20. The fourth-order valence-electron chi connectivity index (χ4n) is 2.72. The summed E-state index contributed by atoms with van der Waals surface area (Å²) in [7, 11) is 1.66. The predicted molar refractivity (Wildman–Crippen MR) is 97.7 cm³/mol. The molecule has 1 aliphatic rings. The van der Waals surface area contributed by atoms with Gasteiger partial charge >= 0.3 is 0 Å². The van der Waals surface area contributed by atoms with Gasteiger partial charge < -0.3 is 10.2 Å². The van der Waals surface area contributed by atoms with E-state index in [0.717, 1.165) is 0 Å². The molecule has 2 aromatic rings. The number of aromatic nitrogens is 2. The standard InChI is InChI=1S/C19H22N4O2/c1-4-18(24)22(3)17-9-7-15(8-10-17)19(25)21-16-11-20-23(12-16)13(2)14-5-6-14/h4,7-14H,1,5-6H2,2-3H3,(H,21,25). The molecule has 0 spiro atoms. The summed E-state index contributed by atoms with van der Waals surface area (Å²) in [5, 5.41) is 7.20. The molecule has 3 rings (SSSR count). The van der Waals surface area contributed by atoms with Crippen LogP contribution in [0.2, 0.25) is 0 Å². The molecule has 25 heavy (non-hydrogen) atoms. The quantitative estimate of drug-likeness (QED) is 0.822. The lowest BCUT2D eigenvalue weighted by Crippen LogP contribution is -2.23. The SMILES string of the molecule is C=CC(=O)N(C)c1ccc(C(=O)Nc2cnn(C(C)C3CC3)c2)cc1. The number of likely N-dealkylation sites (N-methyl/N-ethyl adjacent to an activating group) is 1. The fraction of sp³-hybridized carbons (Fsp3) is 0.316. The van der Waals surface area contributed by atoms with E-state index in [4.69, 9.17) is 0 Å². The second-order valence-corrected chi connectivity index (χ2v) is 6.39. The Morgan fingerprint density at radius 2 is 2.04 bits per heavy atom. The number of nitrogens with zero attached hydrogens (tertiary/aromatic N) is 3. The van der Waals surface area contributed by atoms with Crippen molar-refractivity contribution in [2.24, 2.45) is 5.92 Å². The molecule has 1 aromatic carbocycles. The Balaban J connectivity index is 1.65. The Kier molecular flexibility index (Phi) is 4.70. The second-order valence-electron chi connectivity index (χ2n) is 6.39. The van der Waals surface area contributed by atoms with Crippen molar-refractivity contribution >= 4 is 23.2 Å². The van der Waals surface area contributed by atoms with Crippen molar-refractivity contribution < 1.29 is 9.59 Å². The van der Waals surface area contributed by atoms with Crippen LogP contribution in [0.25, 0.3) is 0 Å². The van der Waals surface area contributed by atoms with E-state index in [9.17, 15) is 9.59 Å². The molecule has 1 aromatic heterocycles. The largest absolute Gasteiger partial charge is 0.319 e. The smallest absolute Gasteiger partial charge is 0.255 e. The van der Waals surface area contributed by atoms with Gasteiger partial charge in [-0.3, -0.25) is 14.3 Å². The first kappa shape index (κ1) is 17.0. The molecule has 0 saturated heterocycles. The van der Waals surface area contributed by atoms with Crippen LogP contribution in [0, 0.1) is 5.92 Å². The minimum absolute atomic E-state index is 0.200. The van der Waals surface area contributed by atoms with Gasteiger partial charge in [-0.05, 0) is 56.0 Å². The maximum atomic E-state index is 12.4. The third-order valence-electron chi connectivity index (χ3n) is 4.60. The van der Waals surface area contributed by atoms with Crippen LogP contribution in [0.15, 0.2) is 49.3 Å². The van der Waals surface area contributed by atoms with Gasteiger partial charge in [-0.15, -0.1) is 0 Å². The highest BCUT2D eigenvalue weighted by molar-refractivity contribution is 6.05. The minimum atomic E-state index is -0.206. The van der Waals surface area contributed by atoms with E-state index in [0.29, 0.717) is 28.9 Å². The summed E-state index contributed by atoms with van der Waals surface area (Å²) in [4.78, 5) is 25.4. The highest BCUT2D eigenvalue weighted by Gasteiger charge is 2.29. The van der Waals surface area contributed by atoms with Crippen LogP contribution >= 0.6 is 0 Å². The van der Waals surface area contributed by atoms with Crippen molar-refractivity contribution in [2.45, 2.75) is 25.8 Å². The maximum Gasteiger partial charge on any atom is 0.255 e. The molecule has 1 atom stereocenters. The van der Waals surface area contributed by atoms with Crippen molar-refractivity contribution in [3.05, 3.63) is 54.9 Å². The number of amides is 2. The molecule has 2 amide bonds. The van der Waals surface area contributed by atoms with Crippen molar-refractivity contribution in [3.63, 3.8) is 0 Å². The predicted octanol–water partition coefficient (Wildman–Crippen LogP) is 3.26. The number of hydrogen-bond donors (Lipinski definition) is 1. The van der Waals surface area contributed by atoms with Gasteiger partial charge in [-0.1, -0.05) is 6.58 Å². The average molecular weight is 338 g/mol. The van der Waals surface area contributed by atoms with E-state index < -0.39 is 0 Å². The monoisotopic (exact) mass is 338 g/mol. The zero-order valence-electron chi connectivity index (χ0n) is 14.5. The lowest BCUT2D eigenvalue weighted by atomic mass is 10.2. The molecular formula is C19H22N4O2. The topological polar surface area (TPSA) is 67.2 Å². The summed E-state index contributed by atoms with van der Waals surface area (Å²) in [5.74, 6) is 0.295. The molecule has 0 aliphatic heterocycles. The highest BCUT2D eigenvalue weighted by atomic mass is 16.2. The van der Waals surface area contributed by atoms with E-state index in [-0.39, 0.29) is 11.8 Å². The Bertz CT molecular complexity index is 790. The number of anilines is 2. The van der Waals surface area contributed by atoms with Crippen molar-refractivity contribution in [3.8, 4) is 0 Å². The molecule has 1 fully saturated rings. The van der Waals surface area contributed by atoms with Gasteiger partial charge in [0.15, 0.2) is 0 Å². The number of rotatable bonds is 6. The summed E-state index contributed by atoms with van der Waals surface area (Å²) >= 11 is 0. The zero-order valence-corrected chi connectivity index (χ0v) is 14.5. The van der Waals surface area contributed by atoms with Crippen molar-refractivity contribution in [1.29, 1.82) is 0 Å². The molecular weight excluding hydrogens is 316 g/mol. The van der Waals surface area contributed by atoms with Gasteiger partial charge in [0.2, 0.25) is 5.91 Å². The molecule has 1 saturated carbocycles. The lowest BCUT2D eigenvalue weighted by Gasteiger charge is -2.15. The number of benzene rings is 1. The molecule has 0 radical (unpaired) electrons. The summed E-state index contributed by atoms with van der Waals surface area (Å²) in [6.07, 6.45) is 7.28. The first-order valence-electron chi connectivity index (χ1n) is 8.35. The van der Waals surface area contributed by atoms with Gasteiger partial charge in [0, 0.05) is 24.5 Å². The second kappa shape index (κ2) is 6.93. The molecule has 1 aliphatic carbocycles. The maximum absolute atomic E-state index is 12.4. The molecule has 6 nitrogen and oxygen atoms in total. The van der Waals surface area contributed by atoms with Crippen LogP contribution in [0.3, 0.4) is 0 Å². The third kappa shape index (κ3) is 3.79. The third-order valence-corrected chi connectivity index (χ3v) is 4.60. The van der Waals surface area contributed by atoms with E-state index >= 15 is 0 Å².